The van der Waals surface area contributed by atoms with Gasteiger partial charge in [-0.2, -0.15) is 4.31 Å². The largest absolute Gasteiger partial charge is 0.496 e. The molecule has 2 aliphatic rings. The zero-order valence-electron chi connectivity index (χ0n) is 16.9. The molecule has 0 aliphatic carbocycles. The van der Waals surface area contributed by atoms with Gasteiger partial charge in [0.2, 0.25) is 10.0 Å². The lowest BCUT2D eigenvalue weighted by molar-refractivity contribution is -0.384. The van der Waals surface area contributed by atoms with Crippen molar-refractivity contribution in [2.45, 2.75) is 37.1 Å². The van der Waals surface area contributed by atoms with Crippen molar-refractivity contribution in [3.05, 3.63) is 57.6 Å². The Kier molecular flexibility index (Phi) is 5.66. The number of hydrogen-bond donors (Lipinski definition) is 0. The van der Waals surface area contributed by atoms with Gasteiger partial charge in [-0.15, -0.1) is 0 Å². The molecule has 0 amide bonds. The maximum atomic E-state index is 13.0. The van der Waals surface area contributed by atoms with E-state index in [4.69, 9.17) is 4.74 Å². The Hall–Kier alpha value is -2.65. The van der Waals surface area contributed by atoms with Crippen LogP contribution in [0.25, 0.3) is 0 Å². The zero-order valence-corrected chi connectivity index (χ0v) is 17.7. The van der Waals surface area contributed by atoms with E-state index in [0.717, 1.165) is 36.1 Å². The Morgan fingerprint density at radius 2 is 1.83 bits per heavy atom. The van der Waals surface area contributed by atoms with E-state index < -0.39 is 14.9 Å². The Morgan fingerprint density at radius 1 is 1.07 bits per heavy atom. The van der Waals surface area contributed by atoms with Crippen molar-refractivity contribution in [3.63, 3.8) is 0 Å². The fourth-order valence-corrected chi connectivity index (χ4v) is 5.84. The van der Waals surface area contributed by atoms with Gasteiger partial charge in [-0.1, -0.05) is 18.6 Å². The molecule has 2 aliphatic heterocycles. The van der Waals surface area contributed by atoms with Crippen molar-refractivity contribution in [1.82, 2.24) is 4.31 Å². The van der Waals surface area contributed by atoms with Crippen LogP contribution in [0.2, 0.25) is 0 Å². The molecule has 0 saturated carbocycles. The fourth-order valence-electron chi connectivity index (χ4n) is 4.30. The molecule has 0 atom stereocenters. The number of methoxy groups -OCH3 is 1. The van der Waals surface area contributed by atoms with Crippen LogP contribution in [-0.2, 0) is 23.0 Å². The van der Waals surface area contributed by atoms with Crippen LogP contribution in [-0.4, -0.2) is 44.4 Å². The van der Waals surface area contributed by atoms with Gasteiger partial charge >= 0.3 is 0 Å². The molecule has 8 nitrogen and oxygen atoms in total. The van der Waals surface area contributed by atoms with Gasteiger partial charge in [-0.05, 0) is 43.0 Å². The summed E-state index contributed by atoms with van der Waals surface area (Å²) in [4.78, 5) is 13.2. The lowest BCUT2D eigenvalue weighted by Crippen LogP contribution is -2.35. The molecule has 160 valence electrons. The van der Waals surface area contributed by atoms with Crippen LogP contribution >= 0.6 is 0 Å². The summed E-state index contributed by atoms with van der Waals surface area (Å²) in [5.74, 6) is 0.824. The van der Waals surface area contributed by atoms with E-state index in [1.165, 1.54) is 16.4 Å². The number of hydrogen-bond acceptors (Lipinski definition) is 6. The number of sulfonamides is 1. The summed E-state index contributed by atoms with van der Waals surface area (Å²) in [6, 6.07) is 10.1. The van der Waals surface area contributed by atoms with Crippen molar-refractivity contribution in [2.75, 3.05) is 31.6 Å². The normalized spacial score (nSPS) is 17.4. The van der Waals surface area contributed by atoms with Gasteiger partial charge in [-0.3, -0.25) is 10.1 Å². The monoisotopic (exact) mass is 431 g/mol. The highest BCUT2D eigenvalue weighted by Gasteiger charge is 2.30. The molecule has 1 saturated heterocycles. The van der Waals surface area contributed by atoms with E-state index in [9.17, 15) is 18.5 Å². The fraction of sp³-hybridized carbons (Fsp3) is 0.429. The molecule has 30 heavy (non-hydrogen) atoms. The van der Waals surface area contributed by atoms with Gasteiger partial charge in [0.15, 0.2) is 0 Å². The van der Waals surface area contributed by atoms with E-state index in [0.29, 0.717) is 38.3 Å². The number of rotatable bonds is 5. The van der Waals surface area contributed by atoms with Crippen LogP contribution in [0.15, 0.2) is 41.3 Å². The van der Waals surface area contributed by atoms with Crippen molar-refractivity contribution < 1.29 is 18.1 Å². The second-order valence-corrected chi connectivity index (χ2v) is 9.58. The zero-order chi connectivity index (χ0) is 21.3. The molecule has 2 aromatic rings. The molecule has 1 fully saturated rings. The number of nitro groups is 1. The first-order valence-corrected chi connectivity index (χ1v) is 11.5. The summed E-state index contributed by atoms with van der Waals surface area (Å²) in [5, 5.41) is 11.8. The Morgan fingerprint density at radius 3 is 2.53 bits per heavy atom. The molecule has 0 radical (unpaired) electrons. The van der Waals surface area contributed by atoms with Crippen LogP contribution in [0.3, 0.4) is 0 Å². The van der Waals surface area contributed by atoms with Gasteiger partial charge in [-0.25, -0.2) is 8.42 Å². The number of anilines is 1. The van der Waals surface area contributed by atoms with Crippen LogP contribution < -0.4 is 9.64 Å². The minimum atomic E-state index is -3.73. The number of fused-ring (bicyclic) bond motifs is 1. The molecule has 2 aromatic carbocycles. The lowest BCUT2D eigenvalue weighted by atomic mass is 9.98. The SMILES string of the molecule is COc1cccc2c1CCN(c1ccc(S(=O)(=O)N3CCCCC3)cc1[N+](=O)[O-])C2. The van der Waals surface area contributed by atoms with Crippen LogP contribution in [0.1, 0.15) is 30.4 Å². The topological polar surface area (TPSA) is 93.0 Å². The second-order valence-electron chi connectivity index (χ2n) is 7.64. The molecule has 9 heteroatoms. The average Bonchev–Trinajstić information content (AvgIpc) is 2.78. The highest BCUT2D eigenvalue weighted by molar-refractivity contribution is 7.89. The third-order valence-corrected chi connectivity index (χ3v) is 7.77. The van der Waals surface area contributed by atoms with E-state index in [-0.39, 0.29) is 10.6 Å². The smallest absolute Gasteiger partial charge is 0.293 e. The number of benzene rings is 2. The highest BCUT2D eigenvalue weighted by atomic mass is 32.2. The number of nitrogens with zero attached hydrogens (tertiary/aromatic N) is 3. The first-order chi connectivity index (χ1) is 14.4. The van der Waals surface area contributed by atoms with Gasteiger partial charge < -0.3 is 9.64 Å². The Bertz CT molecular complexity index is 1060. The van der Waals surface area contributed by atoms with Crippen LogP contribution in [0.5, 0.6) is 5.75 Å². The minimum absolute atomic E-state index is 0.0149. The summed E-state index contributed by atoms with van der Waals surface area (Å²) in [5.41, 5.74) is 2.42. The maximum absolute atomic E-state index is 13.0. The molecule has 0 bridgehead atoms. The Balaban J connectivity index is 1.67. The minimum Gasteiger partial charge on any atom is -0.496 e. The van der Waals surface area contributed by atoms with E-state index in [2.05, 4.69) is 0 Å². The summed E-state index contributed by atoms with van der Waals surface area (Å²) in [7, 11) is -2.10. The molecule has 2 heterocycles. The average molecular weight is 432 g/mol. The number of nitro benzene ring substituents is 1. The summed E-state index contributed by atoms with van der Waals surface area (Å²) in [6.45, 7) is 2.02. The number of ether oxygens (including phenoxy) is 1. The quantitative estimate of drug-likeness (QED) is 0.532. The van der Waals surface area contributed by atoms with Gasteiger partial charge in [0, 0.05) is 37.8 Å². The van der Waals surface area contributed by atoms with Gasteiger partial charge in [0.1, 0.15) is 11.4 Å². The van der Waals surface area contributed by atoms with Crippen molar-refractivity contribution >= 4 is 21.4 Å². The van der Waals surface area contributed by atoms with Crippen LogP contribution in [0, 0.1) is 10.1 Å². The molecule has 0 unspecified atom stereocenters. The molecular weight excluding hydrogens is 406 g/mol. The standard InChI is InChI=1S/C21H25N3O5S/c1-29-21-7-5-6-16-15-22(13-10-18(16)21)19-9-8-17(14-20(19)24(25)26)30(27,28)23-11-3-2-4-12-23/h5-9,14H,2-4,10-13,15H2,1H3. The third kappa shape index (κ3) is 3.75. The highest BCUT2D eigenvalue weighted by Crippen LogP contribution is 2.36. The molecule has 0 N–H and O–H groups in total. The molecular formula is C21H25N3O5S. The molecule has 0 spiro atoms. The first kappa shape index (κ1) is 20.6. The van der Waals surface area contributed by atoms with Crippen molar-refractivity contribution in [2.24, 2.45) is 0 Å². The summed E-state index contributed by atoms with van der Waals surface area (Å²) in [6.07, 6.45) is 3.34. The third-order valence-electron chi connectivity index (χ3n) is 5.88. The van der Waals surface area contributed by atoms with Crippen molar-refractivity contribution in [3.8, 4) is 5.75 Å². The molecule has 0 aromatic heterocycles. The molecule has 4 rings (SSSR count). The predicted octanol–water partition coefficient (Wildman–Crippen LogP) is 3.34. The van der Waals surface area contributed by atoms with E-state index >= 15 is 0 Å². The van der Waals surface area contributed by atoms with Gasteiger partial charge in [0.05, 0.1) is 16.9 Å². The second kappa shape index (κ2) is 8.23. The maximum Gasteiger partial charge on any atom is 0.293 e. The first-order valence-electron chi connectivity index (χ1n) is 10.1. The number of piperidine rings is 1. The van der Waals surface area contributed by atoms with E-state index in [1.54, 1.807) is 13.2 Å². The van der Waals surface area contributed by atoms with Gasteiger partial charge in [0.25, 0.3) is 5.69 Å². The van der Waals surface area contributed by atoms with E-state index in [1.807, 2.05) is 23.1 Å². The predicted molar refractivity (Wildman–Crippen MR) is 113 cm³/mol. The summed E-state index contributed by atoms with van der Waals surface area (Å²) >= 11 is 0. The van der Waals surface area contributed by atoms with Crippen LogP contribution in [0.4, 0.5) is 11.4 Å². The lowest BCUT2D eigenvalue weighted by Gasteiger charge is -2.31. The summed E-state index contributed by atoms with van der Waals surface area (Å²) < 4.78 is 32.8. The van der Waals surface area contributed by atoms with Crippen molar-refractivity contribution in [1.29, 1.82) is 0 Å². The Labute approximate surface area is 176 Å².